The largest absolute Gasteiger partial charge is 0.493 e. The Kier molecular flexibility index (Phi) is 6.51. The van der Waals surface area contributed by atoms with E-state index in [4.69, 9.17) is 9.47 Å². The number of benzene rings is 2. The smallest absolute Gasteiger partial charge is 0.338 e. The van der Waals surface area contributed by atoms with Gasteiger partial charge in [-0.3, -0.25) is 4.79 Å². The van der Waals surface area contributed by atoms with E-state index in [1.807, 2.05) is 6.92 Å². The van der Waals surface area contributed by atoms with Crippen LogP contribution in [0.1, 0.15) is 29.3 Å². The Morgan fingerprint density at radius 2 is 1.80 bits per heavy atom. The molecule has 0 aliphatic heterocycles. The number of hydrogen-bond donors (Lipinski definition) is 1. The van der Waals surface area contributed by atoms with Gasteiger partial charge in [-0.25, -0.2) is 9.18 Å². The maximum Gasteiger partial charge on any atom is 0.338 e. The van der Waals surface area contributed by atoms with Gasteiger partial charge in [0.15, 0.2) is 0 Å². The van der Waals surface area contributed by atoms with Gasteiger partial charge in [0.05, 0.1) is 18.8 Å². The van der Waals surface area contributed by atoms with Gasteiger partial charge in [0.25, 0.3) is 0 Å². The Balaban J connectivity index is 1.78. The van der Waals surface area contributed by atoms with Crippen molar-refractivity contribution in [1.82, 2.24) is 0 Å². The molecule has 0 saturated carbocycles. The number of carbonyl (C=O) groups is 2. The minimum atomic E-state index is -0.464. The topological polar surface area (TPSA) is 64.6 Å². The van der Waals surface area contributed by atoms with E-state index in [9.17, 15) is 14.0 Å². The third-order valence-electron chi connectivity index (χ3n) is 3.39. The first-order chi connectivity index (χ1) is 12.0. The van der Waals surface area contributed by atoms with Crippen molar-refractivity contribution in [1.29, 1.82) is 0 Å². The minimum Gasteiger partial charge on any atom is -0.493 e. The average molecular weight is 345 g/mol. The van der Waals surface area contributed by atoms with Crippen LogP contribution in [-0.2, 0) is 9.53 Å². The van der Waals surface area contributed by atoms with Crippen molar-refractivity contribution in [3.8, 4) is 5.75 Å². The number of aryl methyl sites for hydroxylation is 1. The maximum atomic E-state index is 12.8. The molecule has 132 valence electrons. The molecular formula is C19H20FNO4. The van der Waals surface area contributed by atoms with Crippen molar-refractivity contribution in [2.45, 2.75) is 20.3 Å². The molecule has 2 aromatic carbocycles. The van der Waals surface area contributed by atoms with Crippen LogP contribution >= 0.6 is 0 Å². The monoisotopic (exact) mass is 345 g/mol. The maximum absolute atomic E-state index is 12.8. The van der Waals surface area contributed by atoms with Crippen LogP contribution in [-0.4, -0.2) is 25.1 Å². The number of ether oxygens (including phenoxy) is 2. The zero-order valence-electron chi connectivity index (χ0n) is 14.2. The van der Waals surface area contributed by atoms with Crippen molar-refractivity contribution < 1.29 is 23.5 Å². The molecule has 2 aromatic rings. The highest BCUT2D eigenvalue weighted by Gasteiger charge is 2.10. The molecule has 0 radical (unpaired) electrons. The third kappa shape index (κ3) is 5.91. The standard InChI is InChI=1S/C19H20FNO4/c1-13-4-5-15(12-18(13)21-14(2)22)19(23)25-11-3-10-24-17-8-6-16(20)7-9-17/h4-9,12H,3,10-11H2,1-2H3,(H,21,22). The number of nitrogens with one attached hydrogen (secondary N) is 1. The second-order valence-electron chi connectivity index (χ2n) is 5.50. The summed E-state index contributed by atoms with van der Waals surface area (Å²) in [5.41, 5.74) is 1.81. The van der Waals surface area contributed by atoms with Crippen molar-refractivity contribution in [3.63, 3.8) is 0 Å². The summed E-state index contributed by atoms with van der Waals surface area (Å²) >= 11 is 0. The fraction of sp³-hybridized carbons (Fsp3) is 0.263. The number of amides is 1. The lowest BCUT2D eigenvalue weighted by Crippen LogP contribution is -2.11. The van der Waals surface area contributed by atoms with E-state index in [1.54, 1.807) is 18.2 Å². The molecule has 0 saturated heterocycles. The Labute approximate surface area is 145 Å². The molecule has 0 aromatic heterocycles. The third-order valence-corrected chi connectivity index (χ3v) is 3.39. The highest BCUT2D eigenvalue weighted by atomic mass is 19.1. The number of halogens is 1. The van der Waals surface area contributed by atoms with E-state index in [0.29, 0.717) is 30.0 Å². The van der Waals surface area contributed by atoms with Crippen LogP contribution in [0, 0.1) is 12.7 Å². The van der Waals surface area contributed by atoms with E-state index in [2.05, 4.69) is 5.32 Å². The highest BCUT2D eigenvalue weighted by Crippen LogP contribution is 2.17. The van der Waals surface area contributed by atoms with Crippen molar-refractivity contribution in [2.24, 2.45) is 0 Å². The van der Waals surface area contributed by atoms with Crippen molar-refractivity contribution in [3.05, 3.63) is 59.4 Å². The van der Waals surface area contributed by atoms with Gasteiger partial charge in [-0.2, -0.15) is 0 Å². The summed E-state index contributed by atoms with van der Waals surface area (Å²) in [6.45, 7) is 3.80. The summed E-state index contributed by atoms with van der Waals surface area (Å²) in [5, 5.41) is 2.67. The van der Waals surface area contributed by atoms with Gasteiger partial charge < -0.3 is 14.8 Å². The zero-order chi connectivity index (χ0) is 18.2. The highest BCUT2D eigenvalue weighted by molar-refractivity contribution is 5.94. The van der Waals surface area contributed by atoms with Crippen LogP contribution in [0.4, 0.5) is 10.1 Å². The Hall–Kier alpha value is -2.89. The molecule has 0 heterocycles. The lowest BCUT2D eigenvalue weighted by Gasteiger charge is -2.10. The van der Waals surface area contributed by atoms with E-state index in [-0.39, 0.29) is 18.3 Å². The summed E-state index contributed by atoms with van der Waals surface area (Å²) in [4.78, 5) is 23.2. The summed E-state index contributed by atoms with van der Waals surface area (Å²) < 4.78 is 23.4. The molecule has 2 rings (SSSR count). The van der Waals surface area contributed by atoms with E-state index >= 15 is 0 Å². The van der Waals surface area contributed by atoms with Crippen LogP contribution in [0.3, 0.4) is 0 Å². The number of rotatable bonds is 7. The number of anilines is 1. The molecule has 0 bridgehead atoms. The molecule has 5 nitrogen and oxygen atoms in total. The summed E-state index contributed by atoms with van der Waals surface area (Å²) in [6, 6.07) is 10.7. The normalized spacial score (nSPS) is 10.2. The van der Waals surface area contributed by atoms with Gasteiger partial charge in [0, 0.05) is 19.0 Å². The van der Waals surface area contributed by atoms with Crippen LogP contribution < -0.4 is 10.1 Å². The number of hydrogen-bond acceptors (Lipinski definition) is 4. The SMILES string of the molecule is CC(=O)Nc1cc(C(=O)OCCCOc2ccc(F)cc2)ccc1C. The van der Waals surface area contributed by atoms with Gasteiger partial charge in [0.1, 0.15) is 11.6 Å². The zero-order valence-corrected chi connectivity index (χ0v) is 14.2. The van der Waals surface area contributed by atoms with Crippen LogP contribution in [0.5, 0.6) is 5.75 Å². The Bertz CT molecular complexity index is 744. The lowest BCUT2D eigenvalue weighted by atomic mass is 10.1. The van der Waals surface area contributed by atoms with Gasteiger partial charge in [-0.15, -0.1) is 0 Å². The second kappa shape index (κ2) is 8.82. The second-order valence-corrected chi connectivity index (χ2v) is 5.50. The fourth-order valence-electron chi connectivity index (χ4n) is 2.10. The lowest BCUT2D eigenvalue weighted by molar-refractivity contribution is -0.114. The predicted octanol–water partition coefficient (Wildman–Crippen LogP) is 3.72. The molecule has 6 heteroatoms. The first-order valence-electron chi connectivity index (χ1n) is 7.89. The molecule has 0 aliphatic carbocycles. The number of esters is 1. The predicted molar refractivity (Wildman–Crippen MR) is 92.3 cm³/mol. The van der Waals surface area contributed by atoms with Gasteiger partial charge >= 0.3 is 5.97 Å². The first-order valence-corrected chi connectivity index (χ1v) is 7.89. The van der Waals surface area contributed by atoms with E-state index in [0.717, 1.165) is 5.56 Å². The molecule has 0 aliphatic rings. The van der Waals surface area contributed by atoms with Crippen LogP contribution in [0.25, 0.3) is 0 Å². The molecule has 0 fully saturated rings. The van der Waals surface area contributed by atoms with Gasteiger partial charge in [-0.05, 0) is 48.9 Å². The first kappa shape index (κ1) is 18.4. The average Bonchev–Trinajstić information content (AvgIpc) is 2.57. The van der Waals surface area contributed by atoms with Crippen LogP contribution in [0.2, 0.25) is 0 Å². The fourth-order valence-corrected chi connectivity index (χ4v) is 2.10. The Morgan fingerprint density at radius 1 is 1.08 bits per heavy atom. The Morgan fingerprint density at radius 3 is 2.48 bits per heavy atom. The minimum absolute atomic E-state index is 0.198. The van der Waals surface area contributed by atoms with Gasteiger partial charge in [0.2, 0.25) is 5.91 Å². The summed E-state index contributed by atoms with van der Waals surface area (Å²) in [5.74, 6) is -0.427. The van der Waals surface area contributed by atoms with E-state index in [1.165, 1.54) is 31.2 Å². The van der Waals surface area contributed by atoms with Crippen LogP contribution in [0.15, 0.2) is 42.5 Å². The molecule has 0 unspecified atom stereocenters. The molecular weight excluding hydrogens is 325 g/mol. The molecule has 0 spiro atoms. The van der Waals surface area contributed by atoms with E-state index < -0.39 is 5.97 Å². The van der Waals surface area contributed by atoms with Crippen molar-refractivity contribution in [2.75, 3.05) is 18.5 Å². The summed E-state index contributed by atoms with van der Waals surface area (Å²) in [6.07, 6.45) is 0.507. The number of carbonyl (C=O) groups excluding carboxylic acids is 2. The van der Waals surface area contributed by atoms with Gasteiger partial charge in [-0.1, -0.05) is 6.07 Å². The molecule has 25 heavy (non-hydrogen) atoms. The molecule has 1 N–H and O–H groups in total. The summed E-state index contributed by atoms with van der Waals surface area (Å²) in [7, 11) is 0. The molecule has 0 atom stereocenters. The molecule has 1 amide bonds. The van der Waals surface area contributed by atoms with Crippen molar-refractivity contribution >= 4 is 17.6 Å². The quantitative estimate of drug-likeness (QED) is 0.614.